The van der Waals surface area contributed by atoms with Gasteiger partial charge in [-0.25, -0.2) is 5.43 Å². The van der Waals surface area contributed by atoms with Gasteiger partial charge in [-0.05, 0) is 43.2 Å². The standard InChI is InChI=1S/C19H28N2O3/c1-13(2)15-10-9-14(3)11-16(15)20-21-19(22)12-24-18-8-6-5-7-17(18)23-4/h5-8,13-15H,9-12H2,1-4H3,(H,21,22)/b20-16-/t14-,15+/m1/s1. The number of benzene rings is 1. The van der Waals surface area contributed by atoms with E-state index in [9.17, 15) is 4.79 Å². The Bertz CT molecular complexity index is 584. The van der Waals surface area contributed by atoms with Crippen LogP contribution in [0.1, 0.15) is 40.0 Å². The Labute approximate surface area is 144 Å². The van der Waals surface area contributed by atoms with Crippen LogP contribution in [-0.2, 0) is 4.79 Å². The summed E-state index contributed by atoms with van der Waals surface area (Å²) in [6, 6.07) is 7.26. The molecule has 0 unspecified atom stereocenters. The first-order chi connectivity index (χ1) is 11.5. The van der Waals surface area contributed by atoms with E-state index in [1.54, 1.807) is 19.2 Å². The van der Waals surface area contributed by atoms with Gasteiger partial charge in [0, 0.05) is 11.6 Å². The Morgan fingerprint density at radius 3 is 2.67 bits per heavy atom. The molecule has 5 nitrogen and oxygen atoms in total. The van der Waals surface area contributed by atoms with Crippen LogP contribution in [0, 0.1) is 17.8 Å². The van der Waals surface area contributed by atoms with Crippen LogP contribution in [-0.4, -0.2) is 25.3 Å². The molecule has 132 valence electrons. The van der Waals surface area contributed by atoms with Crippen molar-refractivity contribution in [3.05, 3.63) is 24.3 Å². The Hall–Kier alpha value is -2.04. The fraction of sp³-hybridized carbons (Fsp3) is 0.579. The number of para-hydroxylation sites is 2. The first-order valence-electron chi connectivity index (χ1n) is 8.62. The normalized spacial score (nSPS) is 22.5. The van der Waals surface area contributed by atoms with Gasteiger partial charge in [-0.1, -0.05) is 32.9 Å². The summed E-state index contributed by atoms with van der Waals surface area (Å²) in [5.41, 5.74) is 3.75. The van der Waals surface area contributed by atoms with Crippen molar-refractivity contribution in [2.24, 2.45) is 22.9 Å². The molecule has 0 heterocycles. The number of nitrogens with zero attached hydrogens (tertiary/aromatic N) is 1. The molecule has 0 radical (unpaired) electrons. The average molecular weight is 332 g/mol. The van der Waals surface area contributed by atoms with Gasteiger partial charge in [-0.2, -0.15) is 5.10 Å². The summed E-state index contributed by atoms with van der Waals surface area (Å²) in [7, 11) is 1.57. The number of carbonyl (C=O) groups excluding carboxylic acids is 1. The Balaban J connectivity index is 1.91. The van der Waals surface area contributed by atoms with Crippen LogP contribution in [0.25, 0.3) is 0 Å². The maximum absolute atomic E-state index is 12.0. The summed E-state index contributed by atoms with van der Waals surface area (Å²) in [6.07, 6.45) is 3.33. The van der Waals surface area contributed by atoms with Crippen molar-refractivity contribution in [2.45, 2.75) is 40.0 Å². The van der Waals surface area contributed by atoms with Crippen LogP contribution < -0.4 is 14.9 Å². The first kappa shape index (κ1) is 18.3. The highest BCUT2D eigenvalue weighted by atomic mass is 16.5. The summed E-state index contributed by atoms with van der Waals surface area (Å²) < 4.78 is 10.7. The van der Waals surface area contributed by atoms with Crippen LogP contribution >= 0.6 is 0 Å². The molecule has 0 aromatic heterocycles. The van der Waals surface area contributed by atoms with E-state index >= 15 is 0 Å². The van der Waals surface area contributed by atoms with Gasteiger partial charge in [0.05, 0.1) is 7.11 Å². The second-order valence-corrected chi connectivity index (χ2v) is 6.81. The molecule has 1 fully saturated rings. The molecule has 0 aliphatic heterocycles. The van der Waals surface area contributed by atoms with E-state index in [0.29, 0.717) is 29.3 Å². The van der Waals surface area contributed by atoms with Crippen molar-refractivity contribution in [3.63, 3.8) is 0 Å². The second kappa shape index (κ2) is 8.71. The van der Waals surface area contributed by atoms with Crippen LogP contribution in [0.5, 0.6) is 11.5 Å². The van der Waals surface area contributed by atoms with Gasteiger partial charge in [0.1, 0.15) is 0 Å². The van der Waals surface area contributed by atoms with Gasteiger partial charge in [-0.3, -0.25) is 4.79 Å². The molecular formula is C19H28N2O3. The van der Waals surface area contributed by atoms with Crippen molar-refractivity contribution in [2.75, 3.05) is 13.7 Å². The molecule has 1 aromatic rings. The number of methoxy groups -OCH3 is 1. The predicted molar refractivity (Wildman–Crippen MR) is 95.4 cm³/mol. The number of hydrogen-bond acceptors (Lipinski definition) is 4. The SMILES string of the molecule is COc1ccccc1OCC(=O)N/N=C1/C[C@H](C)CC[C@H]1C(C)C. The molecular weight excluding hydrogens is 304 g/mol. The molecule has 24 heavy (non-hydrogen) atoms. The highest BCUT2D eigenvalue weighted by Gasteiger charge is 2.27. The third kappa shape index (κ3) is 4.98. The lowest BCUT2D eigenvalue weighted by atomic mass is 9.76. The zero-order chi connectivity index (χ0) is 17.5. The molecule has 5 heteroatoms. The number of amides is 1. The molecule has 1 aliphatic carbocycles. The molecule has 1 saturated carbocycles. The zero-order valence-electron chi connectivity index (χ0n) is 15.0. The summed E-state index contributed by atoms with van der Waals surface area (Å²) in [6.45, 7) is 6.57. The highest BCUT2D eigenvalue weighted by Crippen LogP contribution is 2.31. The van der Waals surface area contributed by atoms with E-state index in [-0.39, 0.29) is 12.5 Å². The minimum Gasteiger partial charge on any atom is -0.493 e. The van der Waals surface area contributed by atoms with E-state index in [2.05, 4.69) is 31.3 Å². The number of hydrogen-bond donors (Lipinski definition) is 1. The number of carbonyl (C=O) groups is 1. The summed E-state index contributed by atoms with van der Waals surface area (Å²) in [5.74, 6) is 2.52. The predicted octanol–water partition coefficient (Wildman–Crippen LogP) is 3.64. The molecule has 1 N–H and O–H groups in total. The van der Waals surface area contributed by atoms with Crippen molar-refractivity contribution in [1.82, 2.24) is 5.43 Å². The van der Waals surface area contributed by atoms with E-state index in [1.807, 2.05) is 12.1 Å². The van der Waals surface area contributed by atoms with Crippen LogP contribution in [0.15, 0.2) is 29.4 Å². The molecule has 0 saturated heterocycles. The van der Waals surface area contributed by atoms with Gasteiger partial charge in [-0.15, -0.1) is 0 Å². The molecule has 1 aliphatic rings. The fourth-order valence-electron chi connectivity index (χ4n) is 3.14. The molecule has 2 atom stereocenters. The van der Waals surface area contributed by atoms with E-state index in [1.165, 1.54) is 6.42 Å². The quantitative estimate of drug-likeness (QED) is 0.809. The summed E-state index contributed by atoms with van der Waals surface area (Å²) in [4.78, 5) is 12.0. The van der Waals surface area contributed by atoms with Crippen LogP contribution in [0.4, 0.5) is 0 Å². The van der Waals surface area contributed by atoms with E-state index in [4.69, 9.17) is 9.47 Å². The Kier molecular flexibility index (Phi) is 6.64. The minimum atomic E-state index is -0.255. The van der Waals surface area contributed by atoms with Gasteiger partial charge in [0.15, 0.2) is 18.1 Å². The average Bonchev–Trinajstić information content (AvgIpc) is 2.58. The monoisotopic (exact) mass is 332 g/mol. The first-order valence-corrected chi connectivity index (χ1v) is 8.62. The fourth-order valence-corrected chi connectivity index (χ4v) is 3.14. The lowest BCUT2D eigenvalue weighted by molar-refractivity contribution is -0.123. The molecule has 0 spiro atoms. The Morgan fingerprint density at radius 1 is 1.29 bits per heavy atom. The number of ether oxygens (including phenoxy) is 2. The van der Waals surface area contributed by atoms with Crippen molar-refractivity contribution < 1.29 is 14.3 Å². The zero-order valence-corrected chi connectivity index (χ0v) is 15.0. The Morgan fingerprint density at radius 2 is 2.00 bits per heavy atom. The highest BCUT2D eigenvalue weighted by molar-refractivity contribution is 5.89. The van der Waals surface area contributed by atoms with Crippen LogP contribution in [0.2, 0.25) is 0 Å². The number of rotatable bonds is 6. The third-order valence-electron chi connectivity index (χ3n) is 4.51. The van der Waals surface area contributed by atoms with Gasteiger partial charge < -0.3 is 9.47 Å². The molecule has 1 amide bonds. The van der Waals surface area contributed by atoms with Gasteiger partial charge in [0.2, 0.25) is 0 Å². The summed E-state index contributed by atoms with van der Waals surface area (Å²) in [5, 5.41) is 4.40. The van der Waals surface area contributed by atoms with Crippen LogP contribution in [0.3, 0.4) is 0 Å². The van der Waals surface area contributed by atoms with E-state index in [0.717, 1.165) is 18.6 Å². The lowest BCUT2D eigenvalue weighted by Gasteiger charge is -2.30. The number of nitrogens with one attached hydrogen (secondary N) is 1. The maximum atomic E-state index is 12.0. The molecule has 2 rings (SSSR count). The van der Waals surface area contributed by atoms with E-state index < -0.39 is 0 Å². The molecule has 1 aromatic carbocycles. The van der Waals surface area contributed by atoms with Crippen molar-refractivity contribution in [3.8, 4) is 11.5 Å². The van der Waals surface area contributed by atoms with Crippen molar-refractivity contribution in [1.29, 1.82) is 0 Å². The van der Waals surface area contributed by atoms with Gasteiger partial charge in [0.25, 0.3) is 5.91 Å². The minimum absolute atomic E-state index is 0.0843. The largest absolute Gasteiger partial charge is 0.493 e. The smallest absolute Gasteiger partial charge is 0.277 e. The molecule has 0 bridgehead atoms. The number of hydrazone groups is 1. The lowest BCUT2D eigenvalue weighted by Crippen LogP contribution is -2.32. The maximum Gasteiger partial charge on any atom is 0.277 e. The van der Waals surface area contributed by atoms with Crippen molar-refractivity contribution >= 4 is 11.6 Å². The second-order valence-electron chi connectivity index (χ2n) is 6.81. The third-order valence-corrected chi connectivity index (χ3v) is 4.51. The topological polar surface area (TPSA) is 59.9 Å². The van der Waals surface area contributed by atoms with Gasteiger partial charge >= 0.3 is 0 Å². The summed E-state index contributed by atoms with van der Waals surface area (Å²) >= 11 is 0.